The highest BCUT2D eigenvalue weighted by Gasteiger charge is 2.21. The molecule has 1 fully saturated rings. The van der Waals surface area contributed by atoms with Gasteiger partial charge in [-0.2, -0.15) is 5.10 Å². The lowest BCUT2D eigenvalue weighted by molar-refractivity contribution is 0.119. The van der Waals surface area contributed by atoms with E-state index in [2.05, 4.69) is 38.4 Å². The summed E-state index contributed by atoms with van der Waals surface area (Å²) < 4.78 is 3.88. The van der Waals surface area contributed by atoms with Crippen LogP contribution in [0.3, 0.4) is 0 Å². The first kappa shape index (κ1) is 16.5. The summed E-state index contributed by atoms with van der Waals surface area (Å²) in [5.74, 6) is 1.13. The lowest BCUT2D eigenvalue weighted by Crippen LogP contribution is -2.45. The van der Waals surface area contributed by atoms with Crippen LogP contribution in [0.15, 0.2) is 12.4 Å². The highest BCUT2D eigenvalue weighted by Crippen LogP contribution is 2.22. The molecule has 3 heterocycles. The van der Waals surface area contributed by atoms with Crippen LogP contribution in [0.25, 0.3) is 0 Å². The van der Waals surface area contributed by atoms with Gasteiger partial charge in [0.15, 0.2) is 0 Å². The van der Waals surface area contributed by atoms with Gasteiger partial charge in [0, 0.05) is 64.8 Å². The van der Waals surface area contributed by atoms with Crippen molar-refractivity contribution < 1.29 is 0 Å². The van der Waals surface area contributed by atoms with Crippen LogP contribution in [0.5, 0.6) is 0 Å². The maximum absolute atomic E-state index is 6.41. The summed E-state index contributed by atoms with van der Waals surface area (Å²) in [7, 11) is 3.96. The van der Waals surface area contributed by atoms with Gasteiger partial charge in [-0.3, -0.25) is 14.5 Å². The van der Waals surface area contributed by atoms with Crippen LogP contribution < -0.4 is 0 Å². The molecule has 2 aromatic rings. The molecular weight excluding hydrogens is 312 g/mol. The van der Waals surface area contributed by atoms with Crippen molar-refractivity contribution >= 4 is 11.6 Å². The molecule has 0 aliphatic carbocycles. The largest absolute Gasteiger partial charge is 0.337 e. The van der Waals surface area contributed by atoms with Gasteiger partial charge in [-0.25, -0.2) is 4.98 Å². The number of piperazine rings is 1. The molecule has 1 aliphatic heterocycles. The Balaban J connectivity index is 1.56. The molecule has 1 saturated heterocycles. The molecule has 0 amide bonds. The molecular formula is C16H25ClN6. The van der Waals surface area contributed by atoms with Crippen molar-refractivity contribution in [1.29, 1.82) is 0 Å². The van der Waals surface area contributed by atoms with E-state index in [1.54, 1.807) is 4.68 Å². The van der Waals surface area contributed by atoms with Gasteiger partial charge in [-0.15, -0.1) is 0 Å². The molecule has 1 aliphatic rings. The highest BCUT2D eigenvalue weighted by atomic mass is 35.5. The summed E-state index contributed by atoms with van der Waals surface area (Å²) in [6.45, 7) is 8.18. The third kappa shape index (κ3) is 3.59. The number of aromatic nitrogens is 4. The monoisotopic (exact) mass is 336 g/mol. The summed E-state index contributed by atoms with van der Waals surface area (Å²) in [4.78, 5) is 9.34. The fraction of sp³-hybridized carbons (Fsp3) is 0.625. The van der Waals surface area contributed by atoms with Crippen molar-refractivity contribution in [2.75, 3.05) is 26.2 Å². The number of hydrogen-bond acceptors (Lipinski definition) is 4. The van der Waals surface area contributed by atoms with Crippen molar-refractivity contribution in [3.8, 4) is 0 Å². The minimum atomic E-state index is 0.775. The second kappa shape index (κ2) is 7.03. The Kier molecular flexibility index (Phi) is 5.04. The molecule has 0 atom stereocenters. The minimum Gasteiger partial charge on any atom is -0.337 e. The summed E-state index contributed by atoms with van der Waals surface area (Å²) in [5, 5.41) is 5.28. The van der Waals surface area contributed by atoms with Crippen molar-refractivity contribution in [2.24, 2.45) is 14.1 Å². The molecule has 0 aromatic carbocycles. The van der Waals surface area contributed by atoms with Crippen LogP contribution in [0.1, 0.15) is 24.0 Å². The van der Waals surface area contributed by atoms with Gasteiger partial charge in [0.2, 0.25) is 0 Å². The number of halogens is 1. The molecule has 7 heteroatoms. The van der Waals surface area contributed by atoms with Crippen LogP contribution >= 0.6 is 11.6 Å². The molecule has 0 unspecified atom stereocenters. The van der Waals surface area contributed by atoms with Crippen molar-refractivity contribution in [3.63, 3.8) is 0 Å². The Labute approximate surface area is 142 Å². The Bertz CT molecular complexity index is 654. The maximum atomic E-state index is 6.41. The van der Waals surface area contributed by atoms with E-state index in [0.717, 1.165) is 62.4 Å². The zero-order valence-electron chi connectivity index (χ0n) is 14.2. The van der Waals surface area contributed by atoms with Gasteiger partial charge in [-0.1, -0.05) is 18.5 Å². The van der Waals surface area contributed by atoms with Crippen molar-refractivity contribution in [3.05, 3.63) is 34.6 Å². The van der Waals surface area contributed by atoms with E-state index in [-0.39, 0.29) is 0 Å². The molecule has 126 valence electrons. The Hall–Kier alpha value is -1.37. The van der Waals surface area contributed by atoms with Crippen LogP contribution in [0, 0.1) is 0 Å². The Morgan fingerprint density at radius 2 is 1.74 bits per heavy atom. The second-order valence-corrected chi connectivity index (χ2v) is 6.56. The van der Waals surface area contributed by atoms with Gasteiger partial charge >= 0.3 is 0 Å². The van der Waals surface area contributed by atoms with Gasteiger partial charge in [-0.05, 0) is 6.42 Å². The fourth-order valence-electron chi connectivity index (χ4n) is 3.12. The second-order valence-electron chi connectivity index (χ2n) is 6.20. The van der Waals surface area contributed by atoms with E-state index < -0.39 is 0 Å². The van der Waals surface area contributed by atoms with Gasteiger partial charge in [0.25, 0.3) is 0 Å². The molecule has 3 rings (SSSR count). The number of hydrogen-bond donors (Lipinski definition) is 0. The third-order valence-electron chi connectivity index (χ3n) is 4.62. The fourth-order valence-corrected chi connectivity index (χ4v) is 3.32. The lowest BCUT2D eigenvalue weighted by atomic mass is 10.2. The third-order valence-corrected chi connectivity index (χ3v) is 5.09. The quantitative estimate of drug-likeness (QED) is 0.833. The predicted molar refractivity (Wildman–Crippen MR) is 91.4 cm³/mol. The first-order valence-electron chi connectivity index (χ1n) is 8.19. The predicted octanol–water partition coefficient (Wildman–Crippen LogP) is 1.69. The minimum absolute atomic E-state index is 0.775. The van der Waals surface area contributed by atoms with E-state index in [0.29, 0.717) is 0 Å². The summed E-state index contributed by atoms with van der Waals surface area (Å²) >= 11 is 6.41. The van der Waals surface area contributed by atoms with Gasteiger partial charge in [0.05, 0.1) is 12.2 Å². The van der Waals surface area contributed by atoms with Gasteiger partial charge < -0.3 is 4.57 Å². The Morgan fingerprint density at radius 1 is 1.09 bits per heavy atom. The Morgan fingerprint density at radius 3 is 2.30 bits per heavy atom. The molecule has 23 heavy (non-hydrogen) atoms. The summed E-state index contributed by atoms with van der Waals surface area (Å²) in [6.07, 6.45) is 4.79. The molecule has 0 N–H and O–H groups in total. The van der Waals surface area contributed by atoms with E-state index in [1.807, 2.05) is 19.4 Å². The van der Waals surface area contributed by atoms with Crippen molar-refractivity contribution in [2.45, 2.75) is 26.4 Å². The lowest BCUT2D eigenvalue weighted by Gasteiger charge is -2.34. The average Bonchev–Trinajstić information content (AvgIpc) is 3.07. The standard InChI is InChI=1S/C16H25ClN6/c1-4-14-13(16(17)21(3)19-14)11-22-7-9-23(10-8-22)12-15-18-5-6-20(15)2/h5-6H,4,7-12H2,1-3H3. The summed E-state index contributed by atoms with van der Waals surface area (Å²) in [5.41, 5.74) is 2.31. The first-order chi connectivity index (χ1) is 11.1. The van der Waals surface area contributed by atoms with Gasteiger partial charge in [0.1, 0.15) is 11.0 Å². The SMILES string of the molecule is CCc1nn(C)c(Cl)c1CN1CCN(Cc2nccn2C)CC1. The normalized spacial score (nSPS) is 17.0. The van der Waals surface area contributed by atoms with Crippen LogP contribution in [-0.4, -0.2) is 55.3 Å². The smallest absolute Gasteiger partial charge is 0.131 e. The van der Waals surface area contributed by atoms with Crippen molar-refractivity contribution in [1.82, 2.24) is 29.1 Å². The molecule has 6 nitrogen and oxygen atoms in total. The molecule has 0 spiro atoms. The van der Waals surface area contributed by atoms with Crippen LogP contribution in [-0.2, 0) is 33.6 Å². The number of nitrogens with zero attached hydrogens (tertiary/aromatic N) is 6. The van der Waals surface area contributed by atoms with E-state index in [1.165, 1.54) is 5.56 Å². The number of rotatable bonds is 5. The van der Waals surface area contributed by atoms with Crippen LogP contribution in [0.2, 0.25) is 5.15 Å². The summed E-state index contributed by atoms with van der Waals surface area (Å²) in [6, 6.07) is 0. The first-order valence-corrected chi connectivity index (χ1v) is 8.57. The zero-order valence-corrected chi connectivity index (χ0v) is 14.9. The number of imidazole rings is 1. The highest BCUT2D eigenvalue weighted by molar-refractivity contribution is 6.30. The van der Waals surface area contributed by atoms with E-state index in [4.69, 9.17) is 11.6 Å². The molecule has 2 aromatic heterocycles. The molecule has 0 radical (unpaired) electrons. The van der Waals surface area contributed by atoms with Crippen LogP contribution in [0.4, 0.5) is 0 Å². The topological polar surface area (TPSA) is 42.1 Å². The molecule has 0 saturated carbocycles. The zero-order chi connectivity index (χ0) is 16.4. The van der Waals surface area contributed by atoms with E-state index in [9.17, 15) is 0 Å². The number of aryl methyl sites for hydroxylation is 3. The maximum Gasteiger partial charge on any atom is 0.131 e. The van der Waals surface area contributed by atoms with E-state index >= 15 is 0 Å². The average molecular weight is 337 g/mol. The molecule has 0 bridgehead atoms.